The standard InChI is InChI=1S/C6H10N2O2/c1-8-3-5(7-4-8)6(9)10-2/h4-5H,3H2,1-2H3/t5-/m0/s1. The molecule has 0 saturated heterocycles. The summed E-state index contributed by atoms with van der Waals surface area (Å²) >= 11 is 0. The Morgan fingerprint density at radius 2 is 2.60 bits per heavy atom. The van der Waals surface area contributed by atoms with Gasteiger partial charge in [-0.15, -0.1) is 0 Å². The lowest BCUT2D eigenvalue weighted by molar-refractivity contribution is -0.141. The molecule has 1 heterocycles. The van der Waals surface area contributed by atoms with Crippen LogP contribution in [-0.2, 0) is 9.53 Å². The lowest BCUT2D eigenvalue weighted by atomic mass is 10.3. The van der Waals surface area contributed by atoms with Gasteiger partial charge in [0.25, 0.3) is 0 Å². The number of aliphatic imine (C=N–C) groups is 1. The van der Waals surface area contributed by atoms with Crippen molar-refractivity contribution in [1.29, 1.82) is 0 Å². The Morgan fingerprint density at radius 3 is 3.00 bits per heavy atom. The summed E-state index contributed by atoms with van der Waals surface area (Å²) in [5.41, 5.74) is 0. The number of likely N-dealkylation sites (N-methyl/N-ethyl adjacent to an activating group) is 1. The highest BCUT2D eigenvalue weighted by molar-refractivity contribution is 5.80. The molecule has 0 N–H and O–H groups in total. The van der Waals surface area contributed by atoms with Crippen LogP contribution in [0.2, 0.25) is 0 Å². The highest BCUT2D eigenvalue weighted by Crippen LogP contribution is 2.01. The molecule has 1 rings (SSSR count). The molecular weight excluding hydrogens is 132 g/mol. The fraction of sp³-hybridized carbons (Fsp3) is 0.667. The maximum absolute atomic E-state index is 10.8. The van der Waals surface area contributed by atoms with E-state index < -0.39 is 0 Å². The van der Waals surface area contributed by atoms with E-state index in [4.69, 9.17) is 0 Å². The molecule has 0 fully saturated rings. The average molecular weight is 142 g/mol. The van der Waals surface area contributed by atoms with Crippen LogP contribution in [-0.4, -0.2) is 44.0 Å². The van der Waals surface area contributed by atoms with Crippen molar-refractivity contribution < 1.29 is 9.53 Å². The number of hydrogen-bond donors (Lipinski definition) is 0. The highest BCUT2D eigenvalue weighted by atomic mass is 16.5. The molecule has 0 aromatic carbocycles. The Labute approximate surface area is 59.5 Å². The van der Waals surface area contributed by atoms with E-state index in [1.165, 1.54) is 7.11 Å². The Morgan fingerprint density at radius 1 is 1.90 bits per heavy atom. The molecule has 0 bridgehead atoms. The third-order valence-corrected chi connectivity index (χ3v) is 1.38. The summed E-state index contributed by atoms with van der Waals surface area (Å²) in [7, 11) is 3.24. The molecule has 1 aliphatic rings. The van der Waals surface area contributed by atoms with E-state index in [1.807, 2.05) is 11.9 Å². The van der Waals surface area contributed by atoms with Crippen LogP contribution in [0.3, 0.4) is 0 Å². The molecule has 0 saturated carbocycles. The SMILES string of the molecule is COC(=O)[C@@H]1CN(C)C=N1. The number of hydrogen-bond acceptors (Lipinski definition) is 4. The quantitative estimate of drug-likeness (QED) is 0.463. The van der Waals surface area contributed by atoms with Crippen LogP contribution in [0.1, 0.15) is 0 Å². The second-order valence-electron chi connectivity index (χ2n) is 2.24. The van der Waals surface area contributed by atoms with E-state index in [-0.39, 0.29) is 12.0 Å². The van der Waals surface area contributed by atoms with Gasteiger partial charge in [-0.25, -0.2) is 4.79 Å². The zero-order valence-electron chi connectivity index (χ0n) is 6.07. The lowest BCUT2D eigenvalue weighted by Crippen LogP contribution is -2.26. The van der Waals surface area contributed by atoms with Crippen molar-refractivity contribution in [2.75, 3.05) is 20.7 Å². The van der Waals surface area contributed by atoms with Crippen molar-refractivity contribution in [2.45, 2.75) is 6.04 Å². The first-order chi connectivity index (χ1) is 4.74. The molecule has 4 nitrogen and oxygen atoms in total. The monoisotopic (exact) mass is 142 g/mol. The molecule has 1 aliphatic heterocycles. The summed E-state index contributed by atoms with van der Waals surface area (Å²) in [4.78, 5) is 16.6. The molecule has 0 amide bonds. The fourth-order valence-electron chi connectivity index (χ4n) is 0.833. The zero-order valence-corrected chi connectivity index (χ0v) is 6.07. The van der Waals surface area contributed by atoms with Crippen molar-refractivity contribution >= 4 is 12.3 Å². The highest BCUT2D eigenvalue weighted by Gasteiger charge is 2.22. The minimum Gasteiger partial charge on any atom is -0.467 e. The summed E-state index contributed by atoms with van der Waals surface area (Å²) < 4.78 is 4.50. The minimum absolute atomic E-state index is 0.263. The van der Waals surface area contributed by atoms with E-state index >= 15 is 0 Å². The maximum Gasteiger partial charge on any atom is 0.332 e. The molecule has 0 spiro atoms. The number of ether oxygens (including phenoxy) is 1. The largest absolute Gasteiger partial charge is 0.467 e. The normalized spacial score (nSPS) is 23.4. The van der Waals surface area contributed by atoms with Crippen LogP contribution in [0.25, 0.3) is 0 Å². The smallest absolute Gasteiger partial charge is 0.332 e. The number of carbonyl (C=O) groups is 1. The molecule has 0 radical (unpaired) electrons. The van der Waals surface area contributed by atoms with Crippen LogP contribution in [0.4, 0.5) is 0 Å². The second-order valence-corrected chi connectivity index (χ2v) is 2.24. The average Bonchev–Trinajstić information content (AvgIpc) is 2.34. The molecule has 0 aliphatic carbocycles. The van der Waals surface area contributed by atoms with Gasteiger partial charge in [0.1, 0.15) is 0 Å². The van der Waals surface area contributed by atoms with Gasteiger partial charge in [0, 0.05) is 7.05 Å². The van der Waals surface area contributed by atoms with Gasteiger partial charge in [0.05, 0.1) is 20.0 Å². The van der Waals surface area contributed by atoms with Crippen LogP contribution in [0.15, 0.2) is 4.99 Å². The van der Waals surface area contributed by atoms with Gasteiger partial charge in [-0.2, -0.15) is 0 Å². The van der Waals surface area contributed by atoms with Crippen molar-refractivity contribution in [2.24, 2.45) is 4.99 Å². The molecule has 0 aromatic heterocycles. The van der Waals surface area contributed by atoms with Gasteiger partial charge in [-0.1, -0.05) is 0 Å². The molecular formula is C6H10N2O2. The van der Waals surface area contributed by atoms with Crippen molar-refractivity contribution in [3.63, 3.8) is 0 Å². The summed E-state index contributed by atoms with van der Waals surface area (Å²) in [6.07, 6.45) is 1.64. The number of carbonyl (C=O) groups excluding carboxylic acids is 1. The molecule has 4 heteroatoms. The van der Waals surface area contributed by atoms with E-state index in [0.717, 1.165) is 0 Å². The first-order valence-electron chi connectivity index (χ1n) is 3.05. The van der Waals surface area contributed by atoms with Gasteiger partial charge < -0.3 is 9.64 Å². The van der Waals surface area contributed by atoms with Crippen molar-refractivity contribution in [3.8, 4) is 0 Å². The van der Waals surface area contributed by atoms with Crippen LogP contribution < -0.4 is 0 Å². The number of nitrogens with zero attached hydrogens (tertiary/aromatic N) is 2. The summed E-state index contributed by atoms with van der Waals surface area (Å²) in [6, 6.07) is -0.310. The third-order valence-electron chi connectivity index (χ3n) is 1.38. The predicted molar refractivity (Wildman–Crippen MR) is 36.9 cm³/mol. The molecule has 0 unspecified atom stereocenters. The zero-order chi connectivity index (χ0) is 7.56. The van der Waals surface area contributed by atoms with Crippen LogP contribution >= 0.6 is 0 Å². The molecule has 1 atom stereocenters. The van der Waals surface area contributed by atoms with E-state index in [9.17, 15) is 4.79 Å². The second kappa shape index (κ2) is 2.68. The first-order valence-corrected chi connectivity index (χ1v) is 3.05. The van der Waals surface area contributed by atoms with E-state index in [2.05, 4.69) is 9.73 Å². The van der Waals surface area contributed by atoms with Gasteiger partial charge in [0.15, 0.2) is 6.04 Å². The Kier molecular flexibility index (Phi) is 1.89. The summed E-state index contributed by atoms with van der Waals surface area (Å²) in [5.74, 6) is -0.263. The molecule has 56 valence electrons. The van der Waals surface area contributed by atoms with Crippen molar-refractivity contribution in [3.05, 3.63) is 0 Å². The van der Waals surface area contributed by atoms with Crippen LogP contribution in [0, 0.1) is 0 Å². The summed E-state index contributed by atoms with van der Waals surface area (Å²) in [5, 5.41) is 0. The summed E-state index contributed by atoms with van der Waals surface area (Å²) in [6.45, 7) is 0.632. The Balaban J connectivity index is 2.46. The Hall–Kier alpha value is -1.06. The first kappa shape index (κ1) is 7.05. The molecule has 10 heavy (non-hydrogen) atoms. The topological polar surface area (TPSA) is 41.9 Å². The van der Waals surface area contributed by atoms with Crippen molar-refractivity contribution in [1.82, 2.24) is 4.90 Å². The van der Waals surface area contributed by atoms with Gasteiger partial charge >= 0.3 is 5.97 Å². The number of methoxy groups -OCH3 is 1. The molecule has 0 aromatic rings. The van der Waals surface area contributed by atoms with E-state index in [1.54, 1.807) is 6.34 Å². The fourth-order valence-corrected chi connectivity index (χ4v) is 0.833. The number of rotatable bonds is 1. The minimum atomic E-state index is -0.310. The Bertz CT molecular complexity index is 167. The number of esters is 1. The van der Waals surface area contributed by atoms with E-state index in [0.29, 0.717) is 6.54 Å². The van der Waals surface area contributed by atoms with Gasteiger partial charge in [0.2, 0.25) is 0 Å². The van der Waals surface area contributed by atoms with Gasteiger partial charge in [-0.3, -0.25) is 4.99 Å². The third kappa shape index (κ3) is 1.26. The van der Waals surface area contributed by atoms with Gasteiger partial charge in [-0.05, 0) is 0 Å². The van der Waals surface area contributed by atoms with Crippen LogP contribution in [0.5, 0.6) is 0 Å². The lowest BCUT2D eigenvalue weighted by Gasteiger charge is -2.07. The predicted octanol–water partition coefficient (Wildman–Crippen LogP) is -0.498. The maximum atomic E-state index is 10.8.